The second kappa shape index (κ2) is 6.53. The first-order chi connectivity index (χ1) is 8.82. The lowest BCUT2D eigenvalue weighted by atomic mass is 10.3. The van der Waals surface area contributed by atoms with Gasteiger partial charge in [-0.25, -0.2) is 9.97 Å². The van der Waals surface area contributed by atoms with Gasteiger partial charge in [-0.2, -0.15) is 13.2 Å². The van der Waals surface area contributed by atoms with Crippen LogP contribution in [-0.2, 0) is 11.3 Å². The number of alkyl halides is 3. The number of aliphatic hydroxyl groups is 1. The minimum Gasteiger partial charge on any atom is -0.384 e. The van der Waals surface area contributed by atoms with E-state index < -0.39 is 18.8 Å². The van der Waals surface area contributed by atoms with Gasteiger partial charge in [-0.1, -0.05) is 0 Å². The molecule has 6 nitrogen and oxygen atoms in total. The molecule has 1 aromatic heterocycles. The summed E-state index contributed by atoms with van der Waals surface area (Å²) in [5.74, 6) is 0.463. The Balaban J connectivity index is 2.65. The molecule has 1 rings (SSSR count). The summed E-state index contributed by atoms with van der Waals surface area (Å²) in [6.45, 7) is 1.63. The Morgan fingerprint density at radius 2 is 2.16 bits per heavy atom. The molecule has 0 bridgehead atoms. The van der Waals surface area contributed by atoms with Crippen LogP contribution in [0.25, 0.3) is 0 Å². The summed E-state index contributed by atoms with van der Waals surface area (Å²) < 4.78 is 41.4. The average Bonchev–Trinajstić information content (AvgIpc) is 2.31. The van der Waals surface area contributed by atoms with Crippen molar-refractivity contribution < 1.29 is 23.0 Å². The Labute approximate surface area is 107 Å². The predicted molar refractivity (Wildman–Crippen MR) is 62.3 cm³/mol. The quantitative estimate of drug-likeness (QED) is 0.718. The highest BCUT2D eigenvalue weighted by Crippen LogP contribution is 2.20. The van der Waals surface area contributed by atoms with Crippen molar-refractivity contribution >= 4 is 11.6 Å². The van der Waals surface area contributed by atoms with E-state index in [4.69, 9.17) is 15.6 Å². The largest absolute Gasteiger partial charge is 0.416 e. The SMILES string of the molecule is CCOCc1nc(N)cc(NCC(O)C(F)(F)F)n1. The fourth-order valence-electron chi connectivity index (χ4n) is 1.18. The van der Waals surface area contributed by atoms with E-state index in [0.29, 0.717) is 6.61 Å². The summed E-state index contributed by atoms with van der Waals surface area (Å²) in [5, 5.41) is 11.2. The standard InChI is InChI=1S/C10H15F3N4O2/c1-2-19-5-9-16-7(14)3-8(17-9)15-4-6(18)10(11,12)13/h3,6,18H,2,4-5H2,1H3,(H3,14,15,16,17). The topological polar surface area (TPSA) is 93.3 Å². The van der Waals surface area contributed by atoms with E-state index in [-0.39, 0.29) is 24.1 Å². The van der Waals surface area contributed by atoms with Crippen LogP contribution in [0.2, 0.25) is 0 Å². The van der Waals surface area contributed by atoms with Crippen molar-refractivity contribution in [3.8, 4) is 0 Å². The Morgan fingerprint density at radius 3 is 2.74 bits per heavy atom. The third kappa shape index (κ3) is 5.26. The van der Waals surface area contributed by atoms with Gasteiger partial charge in [0.25, 0.3) is 0 Å². The van der Waals surface area contributed by atoms with Crippen molar-refractivity contribution in [2.24, 2.45) is 0 Å². The smallest absolute Gasteiger partial charge is 0.384 e. The van der Waals surface area contributed by atoms with Crippen molar-refractivity contribution in [3.05, 3.63) is 11.9 Å². The highest BCUT2D eigenvalue weighted by molar-refractivity contribution is 5.44. The maximum Gasteiger partial charge on any atom is 0.416 e. The van der Waals surface area contributed by atoms with Gasteiger partial charge in [-0.3, -0.25) is 0 Å². The van der Waals surface area contributed by atoms with Crippen LogP contribution in [0.4, 0.5) is 24.8 Å². The molecule has 9 heteroatoms. The van der Waals surface area contributed by atoms with E-state index in [1.54, 1.807) is 6.92 Å². The van der Waals surface area contributed by atoms with Crippen LogP contribution in [0.1, 0.15) is 12.7 Å². The molecular formula is C10H15F3N4O2. The average molecular weight is 280 g/mol. The number of nitrogen functional groups attached to an aromatic ring is 1. The Bertz CT molecular complexity index is 414. The van der Waals surface area contributed by atoms with Gasteiger partial charge in [-0.15, -0.1) is 0 Å². The first-order valence-corrected chi connectivity index (χ1v) is 5.52. The van der Waals surface area contributed by atoms with Crippen molar-refractivity contribution in [3.63, 3.8) is 0 Å². The van der Waals surface area contributed by atoms with E-state index in [2.05, 4.69) is 15.3 Å². The number of hydrogen-bond donors (Lipinski definition) is 3. The summed E-state index contributed by atoms with van der Waals surface area (Å²) in [7, 11) is 0. The number of aliphatic hydroxyl groups excluding tert-OH is 1. The zero-order chi connectivity index (χ0) is 14.5. The van der Waals surface area contributed by atoms with Crippen LogP contribution in [0, 0.1) is 0 Å². The van der Waals surface area contributed by atoms with E-state index >= 15 is 0 Å². The van der Waals surface area contributed by atoms with Crippen LogP contribution in [0.5, 0.6) is 0 Å². The second-order valence-electron chi connectivity index (χ2n) is 3.67. The van der Waals surface area contributed by atoms with Crippen molar-refractivity contribution in [2.45, 2.75) is 25.8 Å². The summed E-state index contributed by atoms with van der Waals surface area (Å²) in [4.78, 5) is 7.78. The molecule has 0 aromatic carbocycles. The first-order valence-electron chi connectivity index (χ1n) is 5.52. The van der Waals surface area contributed by atoms with Crippen LogP contribution in [0.3, 0.4) is 0 Å². The lowest BCUT2D eigenvalue weighted by molar-refractivity contribution is -0.198. The van der Waals surface area contributed by atoms with Gasteiger partial charge in [0, 0.05) is 12.7 Å². The van der Waals surface area contributed by atoms with E-state index in [1.807, 2.05) is 0 Å². The van der Waals surface area contributed by atoms with E-state index in [9.17, 15) is 13.2 Å². The molecule has 0 saturated carbocycles. The zero-order valence-corrected chi connectivity index (χ0v) is 10.2. The third-order valence-electron chi connectivity index (χ3n) is 2.08. The number of halogens is 3. The summed E-state index contributed by atoms with van der Waals surface area (Å²) in [6, 6.07) is 1.28. The molecule has 0 aliphatic heterocycles. The van der Waals surface area contributed by atoms with Crippen molar-refractivity contribution in [1.82, 2.24) is 9.97 Å². The number of nitrogens with zero attached hydrogens (tertiary/aromatic N) is 2. The minimum atomic E-state index is -4.68. The summed E-state index contributed by atoms with van der Waals surface area (Å²) in [6.07, 6.45) is -7.15. The molecule has 0 fully saturated rings. The van der Waals surface area contributed by atoms with Gasteiger partial charge >= 0.3 is 6.18 Å². The van der Waals surface area contributed by atoms with Gasteiger partial charge in [0.15, 0.2) is 11.9 Å². The molecule has 1 aromatic rings. The number of rotatable bonds is 6. The maximum absolute atomic E-state index is 12.1. The number of hydrogen-bond acceptors (Lipinski definition) is 6. The fourth-order valence-corrected chi connectivity index (χ4v) is 1.18. The van der Waals surface area contributed by atoms with Gasteiger partial charge in [-0.05, 0) is 6.92 Å². The molecule has 0 spiro atoms. The molecule has 4 N–H and O–H groups in total. The molecule has 0 saturated heterocycles. The Hall–Kier alpha value is -1.61. The Morgan fingerprint density at radius 1 is 1.47 bits per heavy atom. The highest BCUT2D eigenvalue weighted by atomic mass is 19.4. The molecule has 0 aliphatic rings. The predicted octanol–water partition coefficient (Wildman–Crippen LogP) is 0.930. The first kappa shape index (κ1) is 15.4. The molecular weight excluding hydrogens is 265 g/mol. The molecule has 0 aliphatic carbocycles. The van der Waals surface area contributed by atoms with Gasteiger partial charge in [0.2, 0.25) is 0 Å². The van der Waals surface area contributed by atoms with Crippen LogP contribution in [-0.4, -0.2) is 40.5 Å². The number of ether oxygens (including phenoxy) is 1. The minimum absolute atomic E-state index is 0.102. The van der Waals surface area contributed by atoms with Crippen LogP contribution in [0.15, 0.2) is 6.07 Å². The molecule has 1 heterocycles. The van der Waals surface area contributed by atoms with Crippen molar-refractivity contribution in [1.29, 1.82) is 0 Å². The molecule has 1 unspecified atom stereocenters. The van der Waals surface area contributed by atoms with Gasteiger partial charge in [0.1, 0.15) is 18.2 Å². The van der Waals surface area contributed by atoms with Crippen LogP contribution >= 0.6 is 0 Å². The summed E-state index contributed by atoms with van der Waals surface area (Å²) >= 11 is 0. The highest BCUT2D eigenvalue weighted by Gasteiger charge is 2.37. The maximum atomic E-state index is 12.1. The van der Waals surface area contributed by atoms with E-state index in [0.717, 1.165) is 0 Å². The molecule has 0 amide bonds. The number of nitrogens with one attached hydrogen (secondary N) is 1. The lowest BCUT2D eigenvalue weighted by Gasteiger charge is -2.15. The second-order valence-corrected chi connectivity index (χ2v) is 3.67. The number of nitrogens with two attached hydrogens (primary N) is 1. The lowest BCUT2D eigenvalue weighted by Crippen LogP contribution is -2.35. The fraction of sp³-hybridized carbons (Fsp3) is 0.600. The number of aromatic nitrogens is 2. The third-order valence-corrected chi connectivity index (χ3v) is 2.08. The normalized spacial score (nSPS) is 13.3. The summed E-state index contributed by atoms with van der Waals surface area (Å²) in [5.41, 5.74) is 5.49. The Kier molecular flexibility index (Phi) is 5.31. The van der Waals surface area contributed by atoms with Crippen LogP contribution < -0.4 is 11.1 Å². The molecule has 19 heavy (non-hydrogen) atoms. The zero-order valence-electron chi connectivity index (χ0n) is 10.2. The molecule has 1 atom stereocenters. The number of anilines is 2. The van der Waals surface area contributed by atoms with Crippen molar-refractivity contribution in [2.75, 3.05) is 24.2 Å². The van der Waals surface area contributed by atoms with Gasteiger partial charge in [0.05, 0.1) is 6.54 Å². The monoisotopic (exact) mass is 280 g/mol. The van der Waals surface area contributed by atoms with Gasteiger partial charge < -0.3 is 20.9 Å². The molecule has 0 radical (unpaired) electrons. The molecule has 108 valence electrons. The van der Waals surface area contributed by atoms with E-state index in [1.165, 1.54) is 6.07 Å².